The normalized spacial score (nSPS) is 13.9. The van der Waals surface area contributed by atoms with Crippen molar-refractivity contribution in [3.8, 4) is 0 Å². The molecule has 3 heteroatoms. The van der Waals surface area contributed by atoms with Crippen LogP contribution in [-0.2, 0) is 24.1 Å². The molecule has 0 saturated heterocycles. The number of para-hydroxylation sites is 1. The summed E-state index contributed by atoms with van der Waals surface area (Å²) in [5.74, 6) is 0. The molecule has 1 aromatic carbocycles. The van der Waals surface area contributed by atoms with Gasteiger partial charge in [-0.1, -0.05) is 18.2 Å². The summed E-state index contributed by atoms with van der Waals surface area (Å²) >= 11 is 0. The van der Waals surface area contributed by atoms with Crippen molar-refractivity contribution in [1.29, 1.82) is 0 Å². The van der Waals surface area contributed by atoms with E-state index in [-0.39, 0.29) is 0 Å². The van der Waals surface area contributed by atoms with Crippen LogP contribution in [0, 0.1) is 6.92 Å². The zero-order valence-electron chi connectivity index (χ0n) is 12.3. The zero-order valence-corrected chi connectivity index (χ0v) is 12.3. The Kier molecular flexibility index (Phi) is 3.99. The first-order chi connectivity index (χ1) is 9.81. The van der Waals surface area contributed by atoms with Crippen molar-refractivity contribution in [2.45, 2.75) is 32.7 Å². The maximum atomic E-state index is 5.10. The fourth-order valence-electron chi connectivity index (χ4n) is 3.11. The van der Waals surface area contributed by atoms with E-state index in [0.29, 0.717) is 0 Å². The van der Waals surface area contributed by atoms with Crippen LogP contribution in [0.4, 0.5) is 0 Å². The van der Waals surface area contributed by atoms with Gasteiger partial charge in [0.2, 0.25) is 0 Å². The van der Waals surface area contributed by atoms with Gasteiger partial charge in [-0.3, -0.25) is 4.98 Å². The topological polar surface area (TPSA) is 34.1 Å². The van der Waals surface area contributed by atoms with Gasteiger partial charge in [0, 0.05) is 31.3 Å². The summed E-state index contributed by atoms with van der Waals surface area (Å²) < 4.78 is 5.10. The number of hydrogen-bond donors (Lipinski definition) is 1. The average Bonchev–Trinajstić information content (AvgIpc) is 2.92. The summed E-state index contributed by atoms with van der Waals surface area (Å²) in [4.78, 5) is 4.91. The first kappa shape index (κ1) is 13.5. The molecule has 3 rings (SSSR count). The number of fused-ring (bicyclic) bond motifs is 2. The van der Waals surface area contributed by atoms with Crippen LogP contribution in [0.15, 0.2) is 18.2 Å². The number of nitrogens with zero attached hydrogens (tertiary/aromatic N) is 1. The van der Waals surface area contributed by atoms with Crippen molar-refractivity contribution >= 4 is 10.9 Å². The predicted molar refractivity (Wildman–Crippen MR) is 82.1 cm³/mol. The second kappa shape index (κ2) is 5.90. The summed E-state index contributed by atoms with van der Waals surface area (Å²) in [7, 11) is 1.74. The third-order valence-corrected chi connectivity index (χ3v) is 4.15. The minimum atomic E-state index is 0.754. The van der Waals surface area contributed by atoms with Crippen LogP contribution in [0.5, 0.6) is 0 Å². The molecule has 0 radical (unpaired) electrons. The van der Waals surface area contributed by atoms with Gasteiger partial charge in [-0.2, -0.15) is 0 Å². The highest BCUT2D eigenvalue weighted by atomic mass is 16.5. The smallest absolute Gasteiger partial charge is 0.0737 e. The Bertz CT molecular complexity index is 622. The van der Waals surface area contributed by atoms with E-state index in [2.05, 4.69) is 30.4 Å². The maximum absolute atomic E-state index is 5.10. The number of pyridine rings is 1. The minimum absolute atomic E-state index is 0.754. The fraction of sp³-hybridized carbons (Fsp3) is 0.471. The molecule has 0 aliphatic heterocycles. The molecule has 2 aromatic rings. The van der Waals surface area contributed by atoms with Crippen molar-refractivity contribution in [3.05, 3.63) is 40.6 Å². The number of methoxy groups -OCH3 is 1. The molecule has 106 valence electrons. The predicted octanol–water partition coefficient (Wildman–Crippen LogP) is 2.77. The van der Waals surface area contributed by atoms with E-state index >= 15 is 0 Å². The monoisotopic (exact) mass is 270 g/mol. The van der Waals surface area contributed by atoms with Gasteiger partial charge in [-0.15, -0.1) is 0 Å². The van der Waals surface area contributed by atoms with E-state index in [1.165, 1.54) is 46.1 Å². The van der Waals surface area contributed by atoms with Crippen LogP contribution in [0.2, 0.25) is 0 Å². The van der Waals surface area contributed by atoms with Crippen molar-refractivity contribution in [3.63, 3.8) is 0 Å². The van der Waals surface area contributed by atoms with Crippen LogP contribution >= 0.6 is 0 Å². The Balaban J connectivity index is 2.01. The lowest BCUT2D eigenvalue weighted by molar-refractivity contribution is 0.199. The Morgan fingerprint density at radius 1 is 1.30 bits per heavy atom. The number of aromatic nitrogens is 1. The van der Waals surface area contributed by atoms with E-state index in [1.807, 2.05) is 0 Å². The van der Waals surface area contributed by atoms with Crippen molar-refractivity contribution in [2.75, 3.05) is 20.3 Å². The maximum Gasteiger partial charge on any atom is 0.0737 e. The first-order valence-electron chi connectivity index (χ1n) is 7.41. The van der Waals surface area contributed by atoms with E-state index in [1.54, 1.807) is 7.11 Å². The molecule has 0 atom stereocenters. The minimum Gasteiger partial charge on any atom is -0.383 e. The number of ether oxygens (including phenoxy) is 1. The van der Waals surface area contributed by atoms with Crippen LogP contribution in [0.1, 0.15) is 28.8 Å². The van der Waals surface area contributed by atoms with Crippen LogP contribution in [0.3, 0.4) is 0 Å². The fourth-order valence-corrected chi connectivity index (χ4v) is 3.11. The molecule has 3 nitrogen and oxygen atoms in total. The molecule has 0 saturated carbocycles. The molecule has 0 spiro atoms. The standard InChI is InChI=1S/C17H22N2O/c1-12-5-3-7-14-15(11-18-9-10-20-2)13-6-4-8-16(13)19-17(12)14/h3,5,7,18H,4,6,8-11H2,1-2H3. The third-order valence-electron chi connectivity index (χ3n) is 4.15. The number of nitrogens with one attached hydrogen (secondary N) is 1. The second-order valence-corrected chi connectivity index (χ2v) is 5.51. The lowest BCUT2D eigenvalue weighted by Gasteiger charge is -2.14. The molecule has 1 N–H and O–H groups in total. The van der Waals surface area contributed by atoms with Gasteiger partial charge in [-0.25, -0.2) is 0 Å². The van der Waals surface area contributed by atoms with E-state index in [9.17, 15) is 0 Å². The molecule has 1 heterocycles. The Labute approximate surface area is 120 Å². The summed E-state index contributed by atoms with van der Waals surface area (Å²) in [6.07, 6.45) is 3.54. The molecule has 0 amide bonds. The van der Waals surface area contributed by atoms with Gasteiger partial charge in [0.05, 0.1) is 12.1 Å². The average molecular weight is 270 g/mol. The Morgan fingerprint density at radius 3 is 3.05 bits per heavy atom. The molecule has 20 heavy (non-hydrogen) atoms. The van der Waals surface area contributed by atoms with Gasteiger partial charge in [-0.05, 0) is 42.9 Å². The Morgan fingerprint density at radius 2 is 2.20 bits per heavy atom. The van der Waals surface area contributed by atoms with Crippen LogP contribution in [-0.4, -0.2) is 25.2 Å². The lowest BCUT2D eigenvalue weighted by Crippen LogP contribution is -2.20. The van der Waals surface area contributed by atoms with Crippen molar-refractivity contribution in [2.24, 2.45) is 0 Å². The summed E-state index contributed by atoms with van der Waals surface area (Å²) in [5.41, 5.74) is 6.69. The molecular formula is C17H22N2O. The highest BCUT2D eigenvalue weighted by Gasteiger charge is 2.19. The molecule has 0 fully saturated rings. The highest BCUT2D eigenvalue weighted by Crippen LogP contribution is 2.31. The van der Waals surface area contributed by atoms with Gasteiger partial charge >= 0.3 is 0 Å². The van der Waals surface area contributed by atoms with Gasteiger partial charge < -0.3 is 10.1 Å². The number of hydrogen-bond acceptors (Lipinski definition) is 3. The van der Waals surface area contributed by atoms with E-state index < -0.39 is 0 Å². The van der Waals surface area contributed by atoms with Gasteiger partial charge in [0.1, 0.15) is 0 Å². The van der Waals surface area contributed by atoms with Crippen molar-refractivity contribution < 1.29 is 4.74 Å². The van der Waals surface area contributed by atoms with Crippen molar-refractivity contribution in [1.82, 2.24) is 10.3 Å². The summed E-state index contributed by atoms with van der Waals surface area (Å²) in [5, 5.41) is 4.81. The molecule has 0 unspecified atom stereocenters. The molecular weight excluding hydrogens is 248 g/mol. The molecule has 0 bridgehead atoms. The van der Waals surface area contributed by atoms with Crippen LogP contribution < -0.4 is 5.32 Å². The number of aryl methyl sites for hydroxylation is 2. The first-order valence-corrected chi connectivity index (χ1v) is 7.41. The number of benzene rings is 1. The third kappa shape index (κ3) is 2.43. The number of rotatable bonds is 5. The van der Waals surface area contributed by atoms with Gasteiger partial charge in [0.25, 0.3) is 0 Å². The van der Waals surface area contributed by atoms with Crippen LogP contribution in [0.25, 0.3) is 10.9 Å². The quantitative estimate of drug-likeness (QED) is 0.848. The molecule has 1 aliphatic carbocycles. The van der Waals surface area contributed by atoms with E-state index in [4.69, 9.17) is 9.72 Å². The highest BCUT2D eigenvalue weighted by molar-refractivity contribution is 5.86. The second-order valence-electron chi connectivity index (χ2n) is 5.51. The molecule has 1 aliphatic rings. The summed E-state index contributed by atoms with van der Waals surface area (Å²) in [6.45, 7) is 4.71. The van der Waals surface area contributed by atoms with E-state index in [0.717, 1.165) is 26.1 Å². The molecule has 1 aromatic heterocycles. The zero-order chi connectivity index (χ0) is 13.9. The Hall–Kier alpha value is -1.45. The SMILES string of the molecule is COCCNCc1c2c(nc3c(C)cccc13)CCC2. The largest absolute Gasteiger partial charge is 0.383 e. The summed E-state index contributed by atoms with van der Waals surface area (Å²) in [6, 6.07) is 6.50. The lowest BCUT2D eigenvalue weighted by atomic mass is 9.99. The van der Waals surface area contributed by atoms with Gasteiger partial charge in [0.15, 0.2) is 0 Å².